The molecule has 1 aromatic heterocycles. The van der Waals surface area contributed by atoms with Crippen LogP contribution in [0.2, 0.25) is 0 Å². The minimum Gasteiger partial charge on any atom is -0.481 e. The number of aromatic nitrogens is 1. The first-order valence-corrected chi connectivity index (χ1v) is 4.66. The second kappa shape index (κ2) is 4.52. The molecule has 1 aromatic rings. The molecule has 0 saturated carbocycles. The number of nitrogens with two attached hydrogens (primary N) is 1. The second-order valence-corrected chi connectivity index (χ2v) is 3.59. The second-order valence-electron chi connectivity index (χ2n) is 2.77. The van der Waals surface area contributed by atoms with Crippen molar-refractivity contribution in [3.05, 3.63) is 21.8 Å². The summed E-state index contributed by atoms with van der Waals surface area (Å²) in [6, 6.07) is 1.23. The average Bonchev–Trinajstić information content (AvgIpc) is 1.99. The van der Waals surface area contributed by atoms with E-state index in [0.717, 1.165) is 0 Å². The van der Waals surface area contributed by atoms with Gasteiger partial charge in [0.15, 0.2) is 0 Å². The van der Waals surface area contributed by atoms with Crippen molar-refractivity contribution < 1.29 is 18.7 Å². The zero-order valence-corrected chi connectivity index (χ0v) is 8.96. The molecular formula is C8H7BrF2N2O2. The molecule has 0 aromatic carbocycles. The number of nitrogen functional groups attached to an aromatic ring is 1. The summed E-state index contributed by atoms with van der Waals surface area (Å²) in [5, 5.41) is 8.53. The summed E-state index contributed by atoms with van der Waals surface area (Å²) in [5.41, 5.74) is 4.74. The van der Waals surface area contributed by atoms with Crippen molar-refractivity contribution in [1.29, 1.82) is 0 Å². The van der Waals surface area contributed by atoms with Gasteiger partial charge in [0.05, 0.1) is 12.0 Å². The lowest BCUT2D eigenvalue weighted by Crippen LogP contribution is -2.08. The van der Waals surface area contributed by atoms with Crippen LogP contribution in [-0.4, -0.2) is 16.1 Å². The number of hydrogen-bond acceptors (Lipinski definition) is 3. The Bertz CT molecular complexity index is 398. The van der Waals surface area contributed by atoms with Gasteiger partial charge in [0.1, 0.15) is 10.4 Å². The number of aliphatic carboxylic acids is 1. The molecule has 4 nitrogen and oxygen atoms in total. The molecule has 0 radical (unpaired) electrons. The molecule has 1 rings (SSSR count). The number of anilines is 1. The number of hydrogen-bond donors (Lipinski definition) is 2. The molecule has 0 aliphatic rings. The van der Waals surface area contributed by atoms with Crippen LogP contribution in [0.1, 0.15) is 17.6 Å². The summed E-state index contributed by atoms with van der Waals surface area (Å²) >= 11 is 2.96. The normalized spacial score (nSPS) is 10.7. The Kier molecular flexibility index (Phi) is 3.57. The quantitative estimate of drug-likeness (QED) is 0.831. The minimum absolute atomic E-state index is 0.0307. The third kappa shape index (κ3) is 2.85. The van der Waals surface area contributed by atoms with Gasteiger partial charge in [0, 0.05) is 0 Å². The van der Waals surface area contributed by atoms with E-state index < -0.39 is 24.4 Å². The zero-order valence-electron chi connectivity index (χ0n) is 7.38. The van der Waals surface area contributed by atoms with Gasteiger partial charge in [0.2, 0.25) is 0 Å². The van der Waals surface area contributed by atoms with Crippen LogP contribution in [0.25, 0.3) is 0 Å². The van der Waals surface area contributed by atoms with Gasteiger partial charge in [-0.25, -0.2) is 13.8 Å². The molecule has 0 atom stereocenters. The van der Waals surface area contributed by atoms with Gasteiger partial charge in [0.25, 0.3) is 6.43 Å². The molecule has 0 saturated heterocycles. The van der Waals surface area contributed by atoms with Crippen LogP contribution >= 0.6 is 15.9 Å². The van der Waals surface area contributed by atoms with Crippen LogP contribution in [0.4, 0.5) is 14.6 Å². The molecule has 0 bridgehead atoms. The molecule has 82 valence electrons. The van der Waals surface area contributed by atoms with Gasteiger partial charge < -0.3 is 10.8 Å². The molecule has 0 unspecified atom stereocenters. The smallest absolute Gasteiger partial charge is 0.307 e. The van der Waals surface area contributed by atoms with E-state index in [4.69, 9.17) is 10.8 Å². The van der Waals surface area contributed by atoms with Crippen molar-refractivity contribution in [3.8, 4) is 0 Å². The van der Waals surface area contributed by atoms with Crippen molar-refractivity contribution in [2.45, 2.75) is 12.8 Å². The van der Waals surface area contributed by atoms with Crippen LogP contribution in [0.5, 0.6) is 0 Å². The molecule has 0 aliphatic heterocycles. The van der Waals surface area contributed by atoms with E-state index in [2.05, 4.69) is 20.9 Å². The standard InChI is InChI=1S/C8H7BrF2N2O2/c9-4-1-3(2-5(14)15)6(7(10)11)8(12)13-4/h1,7H,2H2,(H2,12,13)(H,14,15). The zero-order chi connectivity index (χ0) is 11.6. The first kappa shape index (κ1) is 11.8. The molecule has 15 heavy (non-hydrogen) atoms. The molecule has 0 amide bonds. The summed E-state index contributed by atoms with van der Waals surface area (Å²) in [4.78, 5) is 14.0. The van der Waals surface area contributed by atoms with E-state index >= 15 is 0 Å². The molecule has 3 N–H and O–H groups in total. The fourth-order valence-corrected chi connectivity index (χ4v) is 1.62. The molecule has 1 heterocycles. The summed E-state index contributed by atoms with van der Waals surface area (Å²) in [6.45, 7) is 0. The predicted molar refractivity (Wildman–Crippen MR) is 52.6 cm³/mol. The van der Waals surface area contributed by atoms with Crippen molar-refractivity contribution >= 4 is 27.7 Å². The Hall–Kier alpha value is -1.24. The lowest BCUT2D eigenvalue weighted by atomic mass is 10.1. The molecule has 0 fully saturated rings. The number of halogens is 3. The van der Waals surface area contributed by atoms with Crippen LogP contribution in [0.3, 0.4) is 0 Å². The Morgan fingerprint density at radius 1 is 1.67 bits per heavy atom. The van der Waals surface area contributed by atoms with Crippen molar-refractivity contribution in [1.82, 2.24) is 4.98 Å². The van der Waals surface area contributed by atoms with Gasteiger partial charge in [-0.1, -0.05) is 0 Å². The molecular weight excluding hydrogens is 274 g/mol. The Labute approximate surface area is 92.2 Å². The Balaban J connectivity index is 3.26. The third-order valence-corrected chi connectivity index (χ3v) is 2.11. The van der Waals surface area contributed by atoms with E-state index in [9.17, 15) is 13.6 Å². The largest absolute Gasteiger partial charge is 0.481 e. The monoisotopic (exact) mass is 280 g/mol. The first-order chi connectivity index (χ1) is 6.91. The number of carbonyl (C=O) groups is 1. The topological polar surface area (TPSA) is 76.2 Å². The Morgan fingerprint density at radius 2 is 2.27 bits per heavy atom. The van der Waals surface area contributed by atoms with Gasteiger partial charge in [-0.15, -0.1) is 0 Å². The number of nitrogens with zero attached hydrogens (tertiary/aromatic N) is 1. The van der Waals surface area contributed by atoms with Gasteiger partial charge >= 0.3 is 5.97 Å². The maximum Gasteiger partial charge on any atom is 0.307 e. The van der Waals surface area contributed by atoms with Crippen molar-refractivity contribution in [2.24, 2.45) is 0 Å². The lowest BCUT2D eigenvalue weighted by Gasteiger charge is -2.09. The highest BCUT2D eigenvalue weighted by Gasteiger charge is 2.20. The van der Waals surface area contributed by atoms with Crippen LogP contribution in [-0.2, 0) is 11.2 Å². The fourth-order valence-electron chi connectivity index (χ4n) is 1.15. The van der Waals surface area contributed by atoms with Crippen molar-refractivity contribution in [2.75, 3.05) is 5.73 Å². The van der Waals surface area contributed by atoms with Gasteiger partial charge in [-0.2, -0.15) is 0 Å². The van der Waals surface area contributed by atoms with Crippen LogP contribution in [0, 0.1) is 0 Å². The predicted octanol–water partition coefficient (Wildman–Crippen LogP) is 1.99. The van der Waals surface area contributed by atoms with Gasteiger partial charge in [-0.3, -0.25) is 4.79 Å². The Morgan fingerprint density at radius 3 is 2.73 bits per heavy atom. The summed E-state index contributed by atoms with van der Waals surface area (Å²) in [6.07, 6.45) is -3.34. The van der Waals surface area contributed by atoms with Gasteiger partial charge in [-0.05, 0) is 27.6 Å². The average molecular weight is 281 g/mol. The SMILES string of the molecule is Nc1nc(Br)cc(CC(=O)O)c1C(F)F. The van der Waals surface area contributed by atoms with E-state index in [1.165, 1.54) is 6.07 Å². The van der Waals surface area contributed by atoms with E-state index in [-0.39, 0.29) is 16.0 Å². The van der Waals surface area contributed by atoms with E-state index in [0.29, 0.717) is 0 Å². The van der Waals surface area contributed by atoms with E-state index in [1.807, 2.05) is 0 Å². The molecule has 0 aliphatic carbocycles. The maximum atomic E-state index is 12.5. The summed E-state index contributed by atoms with van der Waals surface area (Å²) in [7, 11) is 0. The summed E-state index contributed by atoms with van der Waals surface area (Å²) < 4.78 is 25.3. The number of carboxylic acids is 1. The highest BCUT2D eigenvalue weighted by Crippen LogP contribution is 2.29. The third-order valence-electron chi connectivity index (χ3n) is 1.70. The van der Waals surface area contributed by atoms with Crippen LogP contribution in [0.15, 0.2) is 10.7 Å². The fraction of sp³-hybridized carbons (Fsp3) is 0.250. The minimum atomic E-state index is -2.83. The molecule has 7 heteroatoms. The number of pyridine rings is 1. The number of carboxylic acid groups (broad SMARTS) is 1. The maximum absolute atomic E-state index is 12.5. The number of rotatable bonds is 3. The first-order valence-electron chi connectivity index (χ1n) is 3.86. The summed E-state index contributed by atoms with van der Waals surface area (Å²) in [5.74, 6) is -1.55. The highest BCUT2D eigenvalue weighted by molar-refractivity contribution is 9.10. The number of alkyl halides is 2. The lowest BCUT2D eigenvalue weighted by molar-refractivity contribution is -0.136. The van der Waals surface area contributed by atoms with Crippen molar-refractivity contribution in [3.63, 3.8) is 0 Å². The van der Waals surface area contributed by atoms with Crippen LogP contribution < -0.4 is 5.73 Å². The highest BCUT2D eigenvalue weighted by atomic mass is 79.9. The van der Waals surface area contributed by atoms with E-state index in [1.54, 1.807) is 0 Å². The molecule has 0 spiro atoms.